The van der Waals surface area contributed by atoms with Gasteiger partial charge in [0.15, 0.2) is 0 Å². The van der Waals surface area contributed by atoms with Crippen molar-refractivity contribution in [2.75, 3.05) is 0 Å². The van der Waals surface area contributed by atoms with Gasteiger partial charge in [-0.05, 0) is 65.7 Å². The zero-order chi connectivity index (χ0) is 24.8. The van der Waals surface area contributed by atoms with E-state index in [0.29, 0.717) is 0 Å². The minimum atomic E-state index is 0.924. The Kier molecular flexibility index (Phi) is 3.79. The lowest BCUT2D eigenvalue weighted by Crippen LogP contribution is -1.84. The van der Waals surface area contributed by atoms with Crippen LogP contribution in [0.2, 0.25) is 0 Å². The number of aromatic nitrogens is 2. The number of hydrogen-bond acceptors (Lipinski definition) is 2. The number of rotatable bonds is 2. The number of furan rings is 1. The van der Waals surface area contributed by atoms with Crippen molar-refractivity contribution in [3.8, 4) is 22.4 Å². The molecule has 9 aromatic rings. The standard InChI is InChI=1S/C35H20N2O/c1-2-8-21(9-3-1)23-19-26-25-18-22(28-11-6-7-17-36-28)13-14-29(25)37-30-15-16-32-34(33(30)27(20-23)35(26)37)24-10-4-5-12-31(24)38-32/h1-20H. The summed E-state index contributed by atoms with van der Waals surface area (Å²) in [4.78, 5) is 4.62. The molecule has 0 amide bonds. The highest BCUT2D eigenvalue weighted by molar-refractivity contribution is 6.32. The van der Waals surface area contributed by atoms with Crippen molar-refractivity contribution < 1.29 is 4.42 Å². The molecule has 0 aliphatic carbocycles. The molecule has 0 aliphatic heterocycles. The lowest BCUT2D eigenvalue weighted by molar-refractivity contribution is 0.669. The van der Waals surface area contributed by atoms with E-state index in [-0.39, 0.29) is 0 Å². The van der Waals surface area contributed by atoms with Gasteiger partial charge in [-0.1, -0.05) is 60.7 Å². The van der Waals surface area contributed by atoms with Crippen LogP contribution in [0.15, 0.2) is 126 Å². The molecule has 5 aromatic carbocycles. The van der Waals surface area contributed by atoms with E-state index in [0.717, 1.165) is 27.8 Å². The van der Waals surface area contributed by atoms with Crippen LogP contribution in [0.3, 0.4) is 0 Å². The SMILES string of the molecule is c1ccc(-c2cc3c4cc(-c5ccccn5)ccc4n4c5ccc6oc7ccccc7c6c5c(c2)c34)cc1. The second kappa shape index (κ2) is 7.21. The minimum Gasteiger partial charge on any atom is -0.456 e. The van der Waals surface area contributed by atoms with Crippen LogP contribution in [0.4, 0.5) is 0 Å². The van der Waals surface area contributed by atoms with E-state index in [2.05, 4.69) is 106 Å². The van der Waals surface area contributed by atoms with Crippen molar-refractivity contribution in [3.63, 3.8) is 0 Å². The van der Waals surface area contributed by atoms with E-state index < -0.39 is 0 Å². The van der Waals surface area contributed by atoms with Crippen molar-refractivity contribution in [2.45, 2.75) is 0 Å². The molecule has 0 aliphatic rings. The van der Waals surface area contributed by atoms with Crippen molar-refractivity contribution in [3.05, 3.63) is 121 Å². The second-order valence-electron chi connectivity index (χ2n) is 10.00. The number of nitrogens with zero attached hydrogens (tertiary/aromatic N) is 2. The first-order chi connectivity index (χ1) is 18.8. The molecule has 3 heteroatoms. The largest absolute Gasteiger partial charge is 0.456 e. The Bertz CT molecular complexity index is 2330. The first-order valence-corrected chi connectivity index (χ1v) is 12.9. The Morgan fingerprint density at radius 1 is 0.500 bits per heavy atom. The smallest absolute Gasteiger partial charge is 0.136 e. The summed E-state index contributed by atoms with van der Waals surface area (Å²) in [7, 11) is 0. The summed E-state index contributed by atoms with van der Waals surface area (Å²) in [6, 6.07) is 40.9. The van der Waals surface area contributed by atoms with Crippen LogP contribution in [0.5, 0.6) is 0 Å². The van der Waals surface area contributed by atoms with Crippen LogP contribution in [0, 0.1) is 0 Å². The van der Waals surface area contributed by atoms with E-state index in [9.17, 15) is 0 Å². The van der Waals surface area contributed by atoms with Crippen molar-refractivity contribution in [2.24, 2.45) is 0 Å². The summed E-state index contributed by atoms with van der Waals surface area (Å²) in [6.07, 6.45) is 1.86. The summed E-state index contributed by atoms with van der Waals surface area (Å²) >= 11 is 0. The molecule has 0 radical (unpaired) electrons. The van der Waals surface area contributed by atoms with E-state index in [1.54, 1.807) is 0 Å². The highest BCUT2D eigenvalue weighted by atomic mass is 16.3. The fourth-order valence-electron chi connectivity index (χ4n) is 6.34. The Balaban J connectivity index is 1.51. The summed E-state index contributed by atoms with van der Waals surface area (Å²) in [5.41, 5.74) is 10.1. The lowest BCUT2D eigenvalue weighted by Gasteiger charge is -2.05. The van der Waals surface area contributed by atoms with Crippen LogP contribution in [0.1, 0.15) is 0 Å². The van der Waals surface area contributed by atoms with Gasteiger partial charge in [0.05, 0.1) is 22.2 Å². The van der Waals surface area contributed by atoms with Gasteiger partial charge < -0.3 is 8.82 Å². The molecule has 3 nitrogen and oxygen atoms in total. The quantitative estimate of drug-likeness (QED) is 0.245. The van der Waals surface area contributed by atoms with Crippen LogP contribution in [-0.4, -0.2) is 9.38 Å². The van der Waals surface area contributed by atoms with Crippen molar-refractivity contribution in [1.29, 1.82) is 0 Å². The highest BCUT2D eigenvalue weighted by Gasteiger charge is 2.22. The van der Waals surface area contributed by atoms with Gasteiger partial charge in [-0.3, -0.25) is 4.98 Å². The topological polar surface area (TPSA) is 30.4 Å². The molecule has 0 saturated heterocycles. The molecule has 4 heterocycles. The van der Waals surface area contributed by atoms with Crippen LogP contribution < -0.4 is 0 Å². The molecule has 0 atom stereocenters. The van der Waals surface area contributed by atoms with Gasteiger partial charge in [0, 0.05) is 44.1 Å². The summed E-state index contributed by atoms with van der Waals surface area (Å²) in [6.45, 7) is 0. The summed E-state index contributed by atoms with van der Waals surface area (Å²) in [5.74, 6) is 0. The Hall–Kier alpha value is -5.15. The molecule has 4 aromatic heterocycles. The van der Waals surface area contributed by atoms with Gasteiger partial charge in [-0.2, -0.15) is 0 Å². The van der Waals surface area contributed by atoms with Gasteiger partial charge in [0.2, 0.25) is 0 Å². The average molecular weight is 485 g/mol. The monoisotopic (exact) mass is 484 g/mol. The third-order valence-electron chi connectivity index (χ3n) is 7.96. The van der Waals surface area contributed by atoms with Gasteiger partial charge in [0.1, 0.15) is 11.2 Å². The third-order valence-corrected chi connectivity index (χ3v) is 7.96. The maximum atomic E-state index is 6.30. The van der Waals surface area contributed by atoms with Gasteiger partial charge in [-0.15, -0.1) is 0 Å². The van der Waals surface area contributed by atoms with Crippen LogP contribution in [0.25, 0.3) is 82.4 Å². The predicted octanol–water partition coefficient (Wildman–Crippen LogP) is 9.47. The van der Waals surface area contributed by atoms with E-state index in [1.807, 2.05) is 24.4 Å². The second-order valence-corrected chi connectivity index (χ2v) is 10.00. The van der Waals surface area contributed by atoms with Crippen molar-refractivity contribution in [1.82, 2.24) is 9.38 Å². The fourth-order valence-corrected chi connectivity index (χ4v) is 6.34. The van der Waals surface area contributed by atoms with E-state index in [1.165, 1.54) is 54.6 Å². The molecule has 0 N–H and O–H groups in total. The number of fused-ring (bicyclic) bond motifs is 10. The predicted molar refractivity (Wildman–Crippen MR) is 157 cm³/mol. The fraction of sp³-hybridized carbons (Fsp3) is 0. The molecule has 0 fully saturated rings. The molecule has 0 unspecified atom stereocenters. The molecule has 0 saturated carbocycles. The lowest BCUT2D eigenvalue weighted by atomic mass is 9.97. The van der Waals surface area contributed by atoms with E-state index >= 15 is 0 Å². The zero-order valence-electron chi connectivity index (χ0n) is 20.3. The number of pyridine rings is 1. The Morgan fingerprint density at radius 3 is 2.18 bits per heavy atom. The normalized spacial score (nSPS) is 12.2. The number of hydrogen-bond donors (Lipinski definition) is 0. The molecule has 9 rings (SSSR count). The van der Waals surface area contributed by atoms with Gasteiger partial charge in [0.25, 0.3) is 0 Å². The minimum absolute atomic E-state index is 0.924. The Morgan fingerprint density at radius 2 is 1.29 bits per heavy atom. The van der Waals surface area contributed by atoms with Crippen molar-refractivity contribution >= 4 is 60.0 Å². The molecule has 38 heavy (non-hydrogen) atoms. The van der Waals surface area contributed by atoms with Crippen LogP contribution in [-0.2, 0) is 0 Å². The van der Waals surface area contributed by atoms with Crippen LogP contribution >= 0.6 is 0 Å². The molecular formula is C35H20N2O. The number of benzene rings is 5. The van der Waals surface area contributed by atoms with E-state index in [4.69, 9.17) is 4.42 Å². The Labute approximate surface area is 217 Å². The first-order valence-electron chi connectivity index (χ1n) is 12.9. The average Bonchev–Trinajstić information content (AvgIpc) is 3.63. The van der Waals surface area contributed by atoms with Gasteiger partial charge >= 0.3 is 0 Å². The van der Waals surface area contributed by atoms with Gasteiger partial charge in [-0.25, -0.2) is 0 Å². The molecule has 0 spiro atoms. The third kappa shape index (κ3) is 2.55. The summed E-state index contributed by atoms with van der Waals surface area (Å²) < 4.78 is 8.74. The number of para-hydroxylation sites is 1. The molecular weight excluding hydrogens is 464 g/mol. The zero-order valence-corrected chi connectivity index (χ0v) is 20.3. The molecule has 176 valence electrons. The highest BCUT2D eigenvalue weighted by Crippen LogP contribution is 2.46. The molecule has 0 bridgehead atoms. The maximum Gasteiger partial charge on any atom is 0.136 e. The maximum absolute atomic E-state index is 6.30. The summed E-state index contributed by atoms with van der Waals surface area (Å²) in [5, 5.41) is 7.35. The first kappa shape index (κ1) is 20.0.